The Morgan fingerprint density at radius 1 is 1.79 bits per heavy atom. The van der Waals surface area contributed by atoms with E-state index in [1.807, 2.05) is 0 Å². The summed E-state index contributed by atoms with van der Waals surface area (Å²) >= 11 is 6.79. The molecule has 0 amide bonds. The average molecular weight is 233 g/mol. The van der Waals surface area contributed by atoms with Crippen molar-refractivity contribution in [3.05, 3.63) is 35.8 Å². The van der Waals surface area contributed by atoms with E-state index < -0.39 is 11.2 Å². The van der Waals surface area contributed by atoms with Gasteiger partial charge >= 0.3 is 5.97 Å². The highest BCUT2D eigenvalue weighted by molar-refractivity contribution is 8.00. The number of hydrogen-bond donors (Lipinski definition) is 1. The smallest absolute Gasteiger partial charge is 0.320 e. The normalized spacial score (nSPS) is 12.4. The molecule has 1 N–H and O–H groups in total. The number of halogens is 1. The van der Waals surface area contributed by atoms with Crippen molar-refractivity contribution in [3.8, 4) is 0 Å². The van der Waals surface area contributed by atoms with Crippen molar-refractivity contribution in [3.63, 3.8) is 0 Å². The lowest BCUT2D eigenvalue weighted by Gasteiger charge is -2.04. The number of furan rings is 1. The first-order valence-electron chi connectivity index (χ1n) is 3.84. The van der Waals surface area contributed by atoms with E-state index in [1.54, 1.807) is 12.1 Å². The maximum atomic E-state index is 10.6. The Balaban J connectivity index is 2.47. The summed E-state index contributed by atoms with van der Waals surface area (Å²) in [6.45, 7) is 3.44. The number of carboxylic acid groups (broad SMARTS) is 1. The van der Waals surface area contributed by atoms with E-state index in [2.05, 4.69) is 6.58 Å². The lowest BCUT2D eigenvalue weighted by Crippen LogP contribution is -2.12. The van der Waals surface area contributed by atoms with Crippen molar-refractivity contribution < 1.29 is 14.3 Å². The van der Waals surface area contributed by atoms with E-state index in [9.17, 15) is 4.79 Å². The van der Waals surface area contributed by atoms with Crippen molar-refractivity contribution in [2.24, 2.45) is 0 Å². The average Bonchev–Trinajstić information content (AvgIpc) is 2.52. The summed E-state index contributed by atoms with van der Waals surface area (Å²) in [5.41, 5.74) is 0. The molecule has 0 fully saturated rings. The molecular formula is C9H9ClO3S. The summed E-state index contributed by atoms with van der Waals surface area (Å²) < 4.78 is 5.08. The van der Waals surface area contributed by atoms with Crippen LogP contribution in [0.15, 0.2) is 29.2 Å². The van der Waals surface area contributed by atoms with E-state index in [-0.39, 0.29) is 0 Å². The summed E-state index contributed by atoms with van der Waals surface area (Å²) in [4.78, 5) is 10.6. The molecule has 0 spiro atoms. The van der Waals surface area contributed by atoms with Crippen LogP contribution in [0, 0.1) is 0 Å². The maximum Gasteiger partial charge on any atom is 0.320 e. The quantitative estimate of drug-likeness (QED) is 0.794. The van der Waals surface area contributed by atoms with Crippen LogP contribution in [-0.2, 0) is 10.5 Å². The molecule has 0 saturated carbocycles. The highest BCUT2D eigenvalue weighted by Crippen LogP contribution is 2.22. The van der Waals surface area contributed by atoms with Crippen molar-refractivity contribution in [2.45, 2.75) is 11.0 Å². The van der Waals surface area contributed by atoms with E-state index >= 15 is 0 Å². The Bertz CT molecular complexity index is 335. The van der Waals surface area contributed by atoms with Crippen LogP contribution in [0.5, 0.6) is 0 Å². The van der Waals surface area contributed by atoms with Gasteiger partial charge in [0.15, 0.2) is 5.22 Å². The Morgan fingerprint density at radius 2 is 2.50 bits per heavy atom. The molecule has 3 nitrogen and oxygen atoms in total. The van der Waals surface area contributed by atoms with Crippen LogP contribution in [-0.4, -0.2) is 16.3 Å². The minimum atomic E-state index is -0.900. The molecule has 1 aromatic rings. The second-order valence-electron chi connectivity index (χ2n) is 2.51. The zero-order valence-corrected chi connectivity index (χ0v) is 8.85. The Labute approximate surface area is 90.7 Å². The number of rotatable bonds is 5. The van der Waals surface area contributed by atoms with Crippen molar-refractivity contribution in [2.75, 3.05) is 0 Å². The highest BCUT2D eigenvalue weighted by Gasteiger charge is 2.14. The predicted molar refractivity (Wildman–Crippen MR) is 56.6 cm³/mol. The lowest BCUT2D eigenvalue weighted by atomic mass is 10.4. The first kappa shape index (κ1) is 11.2. The lowest BCUT2D eigenvalue weighted by molar-refractivity contribution is -0.135. The molecule has 14 heavy (non-hydrogen) atoms. The van der Waals surface area contributed by atoms with E-state index in [1.165, 1.54) is 17.8 Å². The van der Waals surface area contributed by atoms with Crippen molar-refractivity contribution in [1.82, 2.24) is 0 Å². The molecule has 1 rings (SSSR count). The number of hydrogen-bond acceptors (Lipinski definition) is 3. The van der Waals surface area contributed by atoms with Gasteiger partial charge < -0.3 is 9.52 Å². The molecule has 1 aromatic heterocycles. The molecule has 5 heteroatoms. The first-order chi connectivity index (χ1) is 6.63. The van der Waals surface area contributed by atoms with Gasteiger partial charge in [0.25, 0.3) is 0 Å². The van der Waals surface area contributed by atoms with Gasteiger partial charge in [-0.15, -0.1) is 18.3 Å². The monoisotopic (exact) mass is 232 g/mol. The molecule has 1 atom stereocenters. The Morgan fingerprint density at radius 3 is 2.93 bits per heavy atom. The third kappa shape index (κ3) is 3.12. The number of thioether (sulfide) groups is 1. The minimum absolute atomic E-state index is 0.311. The summed E-state index contributed by atoms with van der Waals surface area (Å²) in [6.07, 6.45) is 1.39. The maximum absolute atomic E-state index is 10.6. The number of carbonyl (C=O) groups is 1. The van der Waals surface area contributed by atoms with Gasteiger partial charge in [0.05, 0.1) is 5.75 Å². The van der Waals surface area contributed by atoms with Gasteiger partial charge in [0.1, 0.15) is 11.0 Å². The van der Waals surface area contributed by atoms with Crippen LogP contribution in [0.1, 0.15) is 5.76 Å². The van der Waals surface area contributed by atoms with Gasteiger partial charge in [-0.3, -0.25) is 4.79 Å². The first-order valence-corrected chi connectivity index (χ1v) is 5.27. The molecule has 0 aromatic carbocycles. The van der Waals surface area contributed by atoms with Crippen LogP contribution in [0.4, 0.5) is 0 Å². The molecule has 76 valence electrons. The summed E-state index contributed by atoms with van der Waals surface area (Å²) in [5.74, 6) is 0.228. The summed E-state index contributed by atoms with van der Waals surface area (Å²) in [6, 6.07) is 3.35. The Hall–Kier alpha value is -0.870. The summed E-state index contributed by atoms with van der Waals surface area (Å²) in [5, 5.41) is 8.41. The van der Waals surface area contributed by atoms with Crippen LogP contribution in [0.3, 0.4) is 0 Å². The second kappa shape index (κ2) is 5.12. The number of carboxylic acids is 1. The predicted octanol–water partition coefficient (Wildman–Crippen LogP) is 2.81. The van der Waals surface area contributed by atoms with Gasteiger partial charge in [-0.2, -0.15) is 0 Å². The Kier molecular flexibility index (Phi) is 4.10. The van der Waals surface area contributed by atoms with Crippen LogP contribution in [0.2, 0.25) is 5.22 Å². The summed E-state index contributed by atoms with van der Waals surface area (Å²) in [7, 11) is 0. The van der Waals surface area contributed by atoms with Gasteiger partial charge in [-0.05, 0) is 23.7 Å². The third-order valence-electron chi connectivity index (χ3n) is 1.49. The number of aliphatic carboxylic acids is 1. The molecular weight excluding hydrogens is 224 g/mol. The highest BCUT2D eigenvalue weighted by atomic mass is 35.5. The fourth-order valence-electron chi connectivity index (χ4n) is 0.841. The SMILES string of the molecule is C=CC(SCc1ccc(Cl)o1)C(=O)O. The van der Waals surface area contributed by atoms with Gasteiger partial charge in [0.2, 0.25) is 0 Å². The molecule has 0 bridgehead atoms. The van der Waals surface area contributed by atoms with Gasteiger partial charge in [0, 0.05) is 0 Å². The largest absolute Gasteiger partial charge is 0.480 e. The van der Waals surface area contributed by atoms with Crippen LogP contribution in [0.25, 0.3) is 0 Å². The van der Waals surface area contributed by atoms with E-state index in [0.29, 0.717) is 16.7 Å². The zero-order chi connectivity index (χ0) is 10.6. The fraction of sp³-hybridized carbons (Fsp3) is 0.222. The molecule has 1 unspecified atom stereocenters. The van der Waals surface area contributed by atoms with Crippen LogP contribution >= 0.6 is 23.4 Å². The topological polar surface area (TPSA) is 50.4 Å². The van der Waals surface area contributed by atoms with E-state index in [4.69, 9.17) is 21.1 Å². The molecule has 0 saturated heterocycles. The molecule has 0 radical (unpaired) electrons. The molecule has 0 aliphatic carbocycles. The van der Waals surface area contributed by atoms with Crippen molar-refractivity contribution in [1.29, 1.82) is 0 Å². The molecule has 1 heterocycles. The fourth-order valence-corrected chi connectivity index (χ4v) is 1.78. The standard InChI is InChI=1S/C9H9ClO3S/c1-2-7(9(11)12)14-5-6-3-4-8(10)13-6/h2-4,7H,1,5H2,(H,11,12). The van der Waals surface area contributed by atoms with Crippen LogP contribution < -0.4 is 0 Å². The minimum Gasteiger partial charge on any atom is -0.480 e. The third-order valence-corrected chi connectivity index (χ3v) is 2.90. The molecule has 0 aliphatic heterocycles. The van der Waals surface area contributed by atoms with E-state index in [0.717, 1.165) is 0 Å². The second-order valence-corrected chi connectivity index (χ2v) is 4.01. The van der Waals surface area contributed by atoms with Gasteiger partial charge in [-0.1, -0.05) is 6.08 Å². The van der Waals surface area contributed by atoms with Gasteiger partial charge in [-0.25, -0.2) is 0 Å². The van der Waals surface area contributed by atoms with Crippen molar-refractivity contribution >= 4 is 29.3 Å². The molecule has 0 aliphatic rings. The zero-order valence-electron chi connectivity index (χ0n) is 7.27.